The van der Waals surface area contributed by atoms with E-state index in [9.17, 15) is 4.79 Å². The van der Waals surface area contributed by atoms with Crippen molar-refractivity contribution >= 4 is 0 Å². The molecule has 1 aliphatic heterocycles. The fourth-order valence-corrected chi connectivity index (χ4v) is 2.05. The molecule has 1 aliphatic rings. The molecule has 1 aromatic heterocycles. The predicted octanol–water partition coefficient (Wildman–Crippen LogP) is 1.24. The van der Waals surface area contributed by atoms with Crippen molar-refractivity contribution < 1.29 is 4.74 Å². The van der Waals surface area contributed by atoms with Gasteiger partial charge in [-0.3, -0.25) is 14.6 Å². The topological polar surface area (TPSA) is 47.0 Å². The van der Waals surface area contributed by atoms with Crippen LogP contribution in [0.4, 0.5) is 0 Å². The summed E-state index contributed by atoms with van der Waals surface area (Å²) < 4.78 is 7.21. The molecule has 0 unspecified atom stereocenters. The van der Waals surface area contributed by atoms with Crippen molar-refractivity contribution in [2.75, 3.05) is 6.61 Å². The van der Waals surface area contributed by atoms with Crippen LogP contribution < -0.4 is 5.56 Å². The van der Waals surface area contributed by atoms with E-state index in [4.69, 9.17) is 4.74 Å². The molecular weight excluding hydrogens is 204 g/mol. The van der Waals surface area contributed by atoms with Gasteiger partial charge >= 0.3 is 0 Å². The molecule has 0 aliphatic carbocycles. The molecule has 0 spiro atoms. The third kappa shape index (κ3) is 1.39. The summed E-state index contributed by atoms with van der Waals surface area (Å²) in [6.07, 6.45) is 0.699. The van der Waals surface area contributed by atoms with Gasteiger partial charge in [0.2, 0.25) is 0 Å². The molecule has 0 amide bonds. The number of aromatic nitrogens is 2. The molecule has 4 nitrogen and oxygen atoms in total. The van der Waals surface area contributed by atoms with Crippen LogP contribution in [-0.2, 0) is 17.8 Å². The molecule has 82 valence electrons. The number of fused-ring (bicyclic) bond motifs is 1. The molecule has 0 radical (unpaired) electrons. The van der Waals surface area contributed by atoms with E-state index in [1.54, 1.807) is 0 Å². The molecule has 0 saturated carbocycles. The van der Waals surface area contributed by atoms with Gasteiger partial charge in [0.05, 0.1) is 24.6 Å². The van der Waals surface area contributed by atoms with E-state index < -0.39 is 0 Å². The minimum atomic E-state index is 0.00199. The average Bonchev–Trinajstić information content (AvgIpc) is 2.69. The van der Waals surface area contributed by atoms with Gasteiger partial charge in [-0.05, 0) is 12.1 Å². The molecule has 1 N–H and O–H groups in total. The minimum absolute atomic E-state index is 0.00199. The van der Waals surface area contributed by atoms with Gasteiger partial charge in [0.1, 0.15) is 0 Å². The van der Waals surface area contributed by atoms with E-state index in [0.29, 0.717) is 19.6 Å². The Morgan fingerprint density at radius 2 is 2.06 bits per heavy atom. The summed E-state index contributed by atoms with van der Waals surface area (Å²) in [7, 11) is 0. The van der Waals surface area contributed by atoms with E-state index in [2.05, 4.69) is 5.10 Å². The van der Waals surface area contributed by atoms with Crippen molar-refractivity contribution in [3.63, 3.8) is 0 Å². The third-order valence-corrected chi connectivity index (χ3v) is 2.86. The lowest BCUT2D eigenvalue weighted by Crippen LogP contribution is -2.15. The van der Waals surface area contributed by atoms with Crippen LogP contribution >= 0.6 is 0 Å². The van der Waals surface area contributed by atoms with Gasteiger partial charge in [-0.2, -0.15) is 0 Å². The fourth-order valence-electron chi connectivity index (χ4n) is 2.05. The second-order valence-corrected chi connectivity index (χ2v) is 3.84. The highest BCUT2D eigenvalue weighted by atomic mass is 16.5. The number of nitrogens with one attached hydrogen (secondary N) is 1. The van der Waals surface area contributed by atoms with E-state index in [1.165, 1.54) is 0 Å². The number of aromatic amines is 1. The van der Waals surface area contributed by atoms with Crippen LogP contribution in [-0.4, -0.2) is 16.4 Å². The number of nitrogens with zero attached hydrogens (tertiary/aromatic N) is 1. The molecular formula is C12H12N2O2. The fraction of sp³-hybridized carbons (Fsp3) is 0.250. The Bertz CT molecular complexity index is 554. The summed E-state index contributed by atoms with van der Waals surface area (Å²) in [6, 6.07) is 9.77. The highest BCUT2D eigenvalue weighted by Crippen LogP contribution is 2.16. The van der Waals surface area contributed by atoms with Gasteiger partial charge in [-0.1, -0.05) is 18.2 Å². The normalized spacial score (nSPS) is 14.8. The summed E-state index contributed by atoms with van der Waals surface area (Å²) >= 11 is 0. The molecule has 0 atom stereocenters. The van der Waals surface area contributed by atoms with Crippen molar-refractivity contribution in [1.82, 2.24) is 9.78 Å². The maximum absolute atomic E-state index is 11.7. The Morgan fingerprint density at radius 3 is 2.88 bits per heavy atom. The number of hydrogen-bond acceptors (Lipinski definition) is 2. The van der Waals surface area contributed by atoms with E-state index in [0.717, 1.165) is 16.9 Å². The lowest BCUT2D eigenvalue weighted by molar-refractivity contribution is 0.106. The molecule has 0 fully saturated rings. The number of H-pyrrole nitrogens is 1. The average molecular weight is 216 g/mol. The molecule has 3 rings (SSSR count). The predicted molar refractivity (Wildman–Crippen MR) is 59.7 cm³/mol. The Morgan fingerprint density at radius 1 is 1.25 bits per heavy atom. The first-order valence-corrected chi connectivity index (χ1v) is 5.32. The van der Waals surface area contributed by atoms with Crippen LogP contribution in [0.15, 0.2) is 35.1 Å². The number of para-hydroxylation sites is 1. The van der Waals surface area contributed by atoms with Crippen LogP contribution in [0.2, 0.25) is 0 Å². The second kappa shape index (κ2) is 3.64. The lowest BCUT2D eigenvalue weighted by Gasteiger charge is -2.14. The molecule has 4 heteroatoms. The third-order valence-electron chi connectivity index (χ3n) is 2.86. The van der Waals surface area contributed by atoms with Crippen LogP contribution in [0, 0.1) is 0 Å². The first-order valence-electron chi connectivity index (χ1n) is 5.32. The largest absolute Gasteiger partial charge is 0.375 e. The molecule has 1 aromatic carbocycles. The molecule has 2 aromatic rings. The van der Waals surface area contributed by atoms with Crippen LogP contribution in [0.3, 0.4) is 0 Å². The Hall–Kier alpha value is -1.81. The lowest BCUT2D eigenvalue weighted by atomic mass is 10.1. The van der Waals surface area contributed by atoms with Crippen molar-refractivity contribution in [3.8, 4) is 5.69 Å². The van der Waals surface area contributed by atoms with Crippen LogP contribution in [0.5, 0.6) is 0 Å². The summed E-state index contributed by atoms with van der Waals surface area (Å²) in [6.45, 7) is 1.14. The van der Waals surface area contributed by atoms with E-state index in [-0.39, 0.29) is 5.56 Å². The number of rotatable bonds is 1. The highest BCUT2D eigenvalue weighted by Gasteiger charge is 2.19. The molecule has 16 heavy (non-hydrogen) atoms. The number of hydrogen-bond donors (Lipinski definition) is 1. The SMILES string of the molecule is O=c1[nH]n(-c2ccccc2)c2c1CCOC2. The first-order chi connectivity index (χ1) is 7.86. The zero-order chi connectivity index (χ0) is 11.0. The highest BCUT2D eigenvalue weighted by molar-refractivity contribution is 5.35. The maximum atomic E-state index is 11.7. The van der Waals surface area contributed by atoms with Gasteiger partial charge < -0.3 is 4.74 Å². The van der Waals surface area contributed by atoms with E-state index >= 15 is 0 Å². The molecule has 0 bridgehead atoms. The zero-order valence-corrected chi connectivity index (χ0v) is 8.77. The van der Waals surface area contributed by atoms with Gasteiger partial charge in [-0.25, -0.2) is 0 Å². The van der Waals surface area contributed by atoms with E-state index in [1.807, 2.05) is 35.0 Å². The minimum Gasteiger partial charge on any atom is -0.375 e. The first kappa shape index (κ1) is 9.42. The van der Waals surface area contributed by atoms with Crippen molar-refractivity contribution in [1.29, 1.82) is 0 Å². The van der Waals surface area contributed by atoms with Crippen LogP contribution in [0.1, 0.15) is 11.3 Å². The Labute approximate surface area is 92.5 Å². The summed E-state index contributed by atoms with van der Waals surface area (Å²) in [5.41, 5.74) is 2.77. The Kier molecular flexibility index (Phi) is 2.15. The van der Waals surface area contributed by atoms with Gasteiger partial charge in [-0.15, -0.1) is 0 Å². The van der Waals surface area contributed by atoms with Gasteiger partial charge in [0, 0.05) is 12.0 Å². The quantitative estimate of drug-likeness (QED) is 0.779. The summed E-state index contributed by atoms with van der Waals surface area (Å²) in [5.74, 6) is 0. The smallest absolute Gasteiger partial charge is 0.268 e. The monoisotopic (exact) mass is 216 g/mol. The number of ether oxygens (including phenoxy) is 1. The molecule has 0 saturated heterocycles. The van der Waals surface area contributed by atoms with Crippen molar-refractivity contribution in [3.05, 3.63) is 51.9 Å². The van der Waals surface area contributed by atoms with Crippen molar-refractivity contribution in [2.24, 2.45) is 0 Å². The standard InChI is InChI=1S/C12H12N2O2/c15-12-10-6-7-16-8-11(10)14(13-12)9-4-2-1-3-5-9/h1-5H,6-8H2,(H,13,15). The zero-order valence-electron chi connectivity index (χ0n) is 8.77. The maximum Gasteiger partial charge on any atom is 0.268 e. The summed E-state index contributed by atoms with van der Waals surface area (Å²) in [4.78, 5) is 11.7. The number of benzene rings is 1. The molecule has 2 heterocycles. The second-order valence-electron chi connectivity index (χ2n) is 3.84. The summed E-state index contributed by atoms with van der Waals surface area (Å²) in [5, 5.41) is 2.85. The van der Waals surface area contributed by atoms with Crippen LogP contribution in [0.25, 0.3) is 5.69 Å². The van der Waals surface area contributed by atoms with Gasteiger partial charge in [0.15, 0.2) is 0 Å². The van der Waals surface area contributed by atoms with Gasteiger partial charge in [0.25, 0.3) is 5.56 Å². The van der Waals surface area contributed by atoms with Crippen molar-refractivity contribution in [2.45, 2.75) is 13.0 Å². The Balaban J connectivity index is 2.19.